The van der Waals surface area contributed by atoms with Gasteiger partial charge in [0.2, 0.25) is 0 Å². The Hall–Kier alpha value is -1.65. The fourth-order valence-corrected chi connectivity index (χ4v) is 4.54. The predicted molar refractivity (Wildman–Crippen MR) is 77.7 cm³/mol. The summed E-state index contributed by atoms with van der Waals surface area (Å²) in [5.74, 6) is -1.13. The summed E-state index contributed by atoms with van der Waals surface area (Å²) < 4.78 is 11.1. The van der Waals surface area contributed by atoms with Gasteiger partial charge in [0.15, 0.2) is 0 Å². The van der Waals surface area contributed by atoms with Gasteiger partial charge in [0, 0.05) is 19.3 Å². The lowest BCUT2D eigenvalue weighted by Crippen LogP contribution is -2.48. The van der Waals surface area contributed by atoms with E-state index < -0.39 is 17.5 Å². The molecule has 3 rings (SSSR count). The fraction of sp³-hybridized carbons (Fsp3) is 0.706. The molecule has 6 unspecified atom stereocenters. The number of fused-ring (bicyclic) bond motifs is 2. The van der Waals surface area contributed by atoms with Crippen LogP contribution in [0, 0.1) is 23.2 Å². The third-order valence-electron chi connectivity index (χ3n) is 5.66. The molecule has 0 spiro atoms. The Balaban J connectivity index is 2.12. The normalized spacial score (nSPS) is 43.8. The molecule has 1 heterocycles. The molecular weight excluding hydrogens is 284 g/mol. The molecule has 0 amide bonds. The van der Waals surface area contributed by atoms with E-state index in [9.17, 15) is 14.4 Å². The van der Waals surface area contributed by atoms with Gasteiger partial charge < -0.3 is 9.47 Å². The maximum atomic E-state index is 12.6. The van der Waals surface area contributed by atoms with Crippen molar-refractivity contribution in [1.82, 2.24) is 0 Å². The predicted octanol–water partition coefficient (Wildman–Crippen LogP) is 2.04. The number of carbonyl (C=O) groups excluding carboxylic acids is 3. The van der Waals surface area contributed by atoms with E-state index in [1.165, 1.54) is 6.92 Å². The Bertz CT molecular complexity index is 578. The van der Waals surface area contributed by atoms with Crippen LogP contribution in [-0.4, -0.2) is 29.9 Å². The van der Waals surface area contributed by atoms with Crippen LogP contribution in [0.2, 0.25) is 0 Å². The maximum absolute atomic E-state index is 12.6. The first-order valence-corrected chi connectivity index (χ1v) is 7.88. The Labute approximate surface area is 130 Å². The van der Waals surface area contributed by atoms with Crippen molar-refractivity contribution in [2.24, 2.45) is 23.2 Å². The van der Waals surface area contributed by atoms with Crippen molar-refractivity contribution in [2.45, 2.75) is 52.7 Å². The molecule has 1 aliphatic heterocycles. The SMILES string of the molecule is CC(=O)OC1C2C(CC(C)C3=CCC(=O)C31C)OC(=O)C2C. The lowest BCUT2D eigenvalue weighted by Gasteiger charge is -2.38. The number of ether oxygens (including phenoxy) is 2. The first-order chi connectivity index (χ1) is 10.3. The van der Waals surface area contributed by atoms with Crippen molar-refractivity contribution in [3.8, 4) is 0 Å². The minimum Gasteiger partial charge on any atom is -0.462 e. The van der Waals surface area contributed by atoms with Crippen LogP contribution in [0.3, 0.4) is 0 Å². The number of rotatable bonds is 1. The average molecular weight is 306 g/mol. The molecule has 2 fully saturated rings. The third kappa shape index (κ3) is 1.94. The number of allylic oxidation sites excluding steroid dienone is 1. The summed E-state index contributed by atoms with van der Waals surface area (Å²) in [6.45, 7) is 7.05. The summed E-state index contributed by atoms with van der Waals surface area (Å²) in [6.07, 6.45) is 2.08. The lowest BCUT2D eigenvalue weighted by atomic mass is 9.69. The van der Waals surface area contributed by atoms with Crippen LogP contribution in [-0.2, 0) is 23.9 Å². The van der Waals surface area contributed by atoms with Gasteiger partial charge in [-0.25, -0.2) is 0 Å². The van der Waals surface area contributed by atoms with Crippen LogP contribution in [0.4, 0.5) is 0 Å². The van der Waals surface area contributed by atoms with Crippen LogP contribution < -0.4 is 0 Å². The Morgan fingerprint density at radius 1 is 1.36 bits per heavy atom. The van der Waals surface area contributed by atoms with E-state index in [-0.39, 0.29) is 35.6 Å². The van der Waals surface area contributed by atoms with E-state index in [1.807, 2.05) is 19.9 Å². The number of ketones is 1. The van der Waals surface area contributed by atoms with E-state index >= 15 is 0 Å². The highest BCUT2D eigenvalue weighted by Crippen LogP contribution is 2.54. The molecule has 0 bridgehead atoms. The summed E-state index contributed by atoms with van der Waals surface area (Å²) in [4.78, 5) is 36.3. The van der Waals surface area contributed by atoms with Gasteiger partial charge in [0.25, 0.3) is 0 Å². The van der Waals surface area contributed by atoms with E-state index in [0.29, 0.717) is 12.8 Å². The molecule has 0 aromatic carbocycles. The van der Waals surface area contributed by atoms with Gasteiger partial charge in [0.1, 0.15) is 18.0 Å². The quantitative estimate of drug-likeness (QED) is 0.548. The molecular formula is C17H22O5. The van der Waals surface area contributed by atoms with Crippen LogP contribution in [0.25, 0.3) is 0 Å². The highest BCUT2D eigenvalue weighted by atomic mass is 16.6. The number of carbonyl (C=O) groups is 3. The van der Waals surface area contributed by atoms with Gasteiger partial charge >= 0.3 is 11.9 Å². The standard InChI is InChI=1S/C17H22O5/c1-8-7-12-14(9(2)16(20)22-12)15(21-10(3)18)17(4)11(8)5-6-13(17)19/h5,8-9,12,14-15H,6-7H2,1-4H3. The zero-order valence-electron chi connectivity index (χ0n) is 13.4. The molecule has 5 heteroatoms. The van der Waals surface area contributed by atoms with Crippen LogP contribution in [0.1, 0.15) is 40.5 Å². The van der Waals surface area contributed by atoms with E-state index in [1.54, 1.807) is 6.92 Å². The van der Waals surface area contributed by atoms with Crippen LogP contribution >= 0.6 is 0 Å². The molecule has 0 radical (unpaired) electrons. The average Bonchev–Trinajstić information content (AvgIpc) is 2.84. The second kappa shape index (κ2) is 4.93. The topological polar surface area (TPSA) is 69.7 Å². The van der Waals surface area contributed by atoms with Crippen molar-refractivity contribution in [3.63, 3.8) is 0 Å². The summed E-state index contributed by atoms with van der Waals surface area (Å²) >= 11 is 0. The van der Waals surface area contributed by atoms with Crippen LogP contribution in [0.15, 0.2) is 11.6 Å². The monoisotopic (exact) mass is 306 g/mol. The summed E-state index contributed by atoms with van der Waals surface area (Å²) in [5.41, 5.74) is 0.189. The fourth-order valence-electron chi connectivity index (χ4n) is 4.54. The molecule has 2 aliphatic carbocycles. The zero-order chi connectivity index (χ0) is 16.2. The molecule has 1 saturated carbocycles. The number of hydrogen-bond acceptors (Lipinski definition) is 5. The summed E-state index contributed by atoms with van der Waals surface area (Å²) in [7, 11) is 0. The molecule has 0 aromatic heterocycles. The zero-order valence-corrected chi connectivity index (χ0v) is 13.4. The van der Waals surface area contributed by atoms with Gasteiger partial charge in [-0.3, -0.25) is 14.4 Å². The van der Waals surface area contributed by atoms with Gasteiger partial charge in [-0.2, -0.15) is 0 Å². The summed E-state index contributed by atoms with van der Waals surface area (Å²) in [6, 6.07) is 0. The van der Waals surface area contributed by atoms with Crippen molar-refractivity contribution >= 4 is 17.7 Å². The van der Waals surface area contributed by atoms with Gasteiger partial charge in [0.05, 0.1) is 11.3 Å². The molecule has 3 aliphatic rings. The Morgan fingerprint density at radius 2 is 2.05 bits per heavy atom. The first kappa shape index (κ1) is 15.3. The van der Waals surface area contributed by atoms with Gasteiger partial charge in [-0.15, -0.1) is 0 Å². The Kier molecular flexibility index (Phi) is 3.42. The minimum atomic E-state index is -0.841. The maximum Gasteiger partial charge on any atom is 0.309 e. The molecule has 0 N–H and O–H groups in total. The van der Waals surface area contributed by atoms with Gasteiger partial charge in [-0.05, 0) is 19.3 Å². The van der Waals surface area contributed by atoms with Crippen molar-refractivity contribution in [2.75, 3.05) is 0 Å². The largest absolute Gasteiger partial charge is 0.462 e. The summed E-state index contributed by atoms with van der Waals surface area (Å²) in [5, 5.41) is 0. The first-order valence-electron chi connectivity index (χ1n) is 7.88. The Morgan fingerprint density at radius 3 is 2.68 bits per heavy atom. The third-order valence-corrected chi connectivity index (χ3v) is 5.66. The number of hydrogen-bond donors (Lipinski definition) is 0. The molecule has 0 aromatic rings. The smallest absolute Gasteiger partial charge is 0.309 e. The van der Waals surface area contributed by atoms with Crippen molar-refractivity contribution < 1.29 is 23.9 Å². The van der Waals surface area contributed by atoms with E-state index in [4.69, 9.17) is 9.47 Å². The highest BCUT2D eigenvalue weighted by molar-refractivity contribution is 5.93. The van der Waals surface area contributed by atoms with E-state index in [0.717, 1.165) is 5.57 Å². The van der Waals surface area contributed by atoms with E-state index in [2.05, 4.69) is 0 Å². The second-order valence-electron chi connectivity index (χ2n) is 7.00. The molecule has 1 saturated heterocycles. The molecule has 120 valence electrons. The molecule has 5 nitrogen and oxygen atoms in total. The second-order valence-corrected chi connectivity index (χ2v) is 7.00. The van der Waals surface area contributed by atoms with Gasteiger partial charge in [-0.1, -0.05) is 25.5 Å². The number of Topliss-reactive ketones (excluding diaryl/α,β-unsaturated/α-hetero) is 1. The number of esters is 2. The lowest BCUT2D eigenvalue weighted by molar-refractivity contribution is -0.161. The highest BCUT2D eigenvalue weighted by Gasteiger charge is 2.61. The molecule has 6 atom stereocenters. The minimum absolute atomic E-state index is 0.0628. The van der Waals surface area contributed by atoms with Crippen molar-refractivity contribution in [1.29, 1.82) is 0 Å². The van der Waals surface area contributed by atoms with Crippen molar-refractivity contribution in [3.05, 3.63) is 11.6 Å². The molecule has 22 heavy (non-hydrogen) atoms. The van der Waals surface area contributed by atoms with Crippen LogP contribution in [0.5, 0.6) is 0 Å².